The van der Waals surface area contributed by atoms with Crippen molar-refractivity contribution in [1.29, 1.82) is 0 Å². The highest BCUT2D eigenvalue weighted by molar-refractivity contribution is 6.32. The second-order valence-electron chi connectivity index (χ2n) is 5.80. The van der Waals surface area contributed by atoms with Crippen LogP contribution in [-0.4, -0.2) is 38.3 Å². The van der Waals surface area contributed by atoms with E-state index in [1.165, 1.54) is 0 Å². The molecule has 2 aromatic rings. The summed E-state index contributed by atoms with van der Waals surface area (Å²) in [7, 11) is 0. The number of hydrogen-bond donors (Lipinski definition) is 1. The van der Waals surface area contributed by atoms with E-state index < -0.39 is 6.10 Å². The van der Waals surface area contributed by atoms with Gasteiger partial charge in [-0.1, -0.05) is 35.9 Å². The van der Waals surface area contributed by atoms with Crippen LogP contribution in [0.5, 0.6) is 5.75 Å². The van der Waals surface area contributed by atoms with Crippen molar-refractivity contribution in [2.24, 2.45) is 0 Å². The van der Waals surface area contributed by atoms with Crippen LogP contribution in [0, 0.1) is 0 Å². The Labute approximate surface area is 152 Å². The molecular weight excluding hydrogens is 340 g/mol. The second-order valence-corrected chi connectivity index (χ2v) is 6.20. The highest BCUT2D eigenvalue weighted by Gasteiger charge is 2.20. The Morgan fingerprint density at radius 3 is 2.60 bits per heavy atom. The molecule has 0 spiro atoms. The number of halogens is 1. The Hall–Kier alpha value is -2.24. The molecule has 1 unspecified atom stereocenters. The lowest BCUT2D eigenvalue weighted by Crippen LogP contribution is -2.37. The Kier molecular flexibility index (Phi) is 5.79. The van der Waals surface area contributed by atoms with E-state index in [0.29, 0.717) is 24.0 Å². The summed E-state index contributed by atoms with van der Waals surface area (Å²) in [6.45, 7) is 4.69. The van der Waals surface area contributed by atoms with E-state index in [0.717, 1.165) is 24.5 Å². The first kappa shape index (κ1) is 17.6. The van der Waals surface area contributed by atoms with E-state index in [2.05, 4.69) is 10.2 Å². The molecular formula is C19H21ClN2O3. The number of rotatable bonds is 5. The quantitative estimate of drug-likeness (QED) is 0.885. The molecule has 1 atom stereocenters. The number of nitrogens with zero attached hydrogens (tertiary/aromatic N) is 1. The average Bonchev–Trinajstić information content (AvgIpc) is 2.64. The van der Waals surface area contributed by atoms with Crippen molar-refractivity contribution in [2.45, 2.75) is 13.0 Å². The van der Waals surface area contributed by atoms with Crippen LogP contribution in [0.3, 0.4) is 0 Å². The fourth-order valence-electron chi connectivity index (χ4n) is 2.68. The topological polar surface area (TPSA) is 50.8 Å². The van der Waals surface area contributed by atoms with Crippen molar-refractivity contribution in [3.63, 3.8) is 0 Å². The van der Waals surface area contributed by atoms with E-state index >= 15 is 0 Å². The number of benzene rings is 2. The van der Waals surface area contributed by atoms with E-state index in [-0.39, 0.29) is 5.91 Å². The zero-order chi connectivity index (χ0) is 17.6. The van der Waals surface area contributed by atoms with Gasteiger partial charge in [0, 0.05) is 13.1 Å². The van der Waals surface area contributed by atoms with Crippen LogP contribution in [0.2, 0.25) is 5.02 Å². The monoisotopic (exact) mass is 360 g/mol. The number of carbonyl (C=O) groups excluding carboxylic acids is 1. The largest absolute Gasteiger partial charge is 0.479 e. The first-order chi connectivity index (χ1) is 12.1. The van der Waals surface area contributed by atoms with Crippen LogP contribution < -0.4 is 15.0 Å². The average molecular weight is 361 g/mol. The van der Waals surface area contributed by atoms with Gasteiger partial charge in [0.25, 0.3) is 5.91 Å². The van der Waals surface area contributed by atoms with Crippen LogP contribution in [0.15, 0.2) is 48.5 Å². The third kappa shape index (κ3) is 4.44. The summed E-state index contributed by atoms with van der Waals surface area (Å²) in [6, 6.07) is 14.9. The number of amides is 1. The maximum atomic E-state index is 12.5. The molecule has 1 fully saturated rings. The molecule has 132 valence electrons. The van der Waals surface area contributed by atoms with Crippen molar-refractivity contribution in [3.05, 3.63) is 53.6 Å². The Balaban J connectivity index is 1.69. The van der Waals surface area contributed by atoms with Crippen LogP contribution in [-0.2, 0) is 9.53 Å². The third-order valence-corrected chi connectivity index (χ3v) is 4.34. The van der Waals surface area contributed by atoms with Gasteiger partial charge in [-0.3, -0.25) is 4.79 Å². The van der Waals surface area contributed by atoms with Crippen LogP contribution in [0.25, 0.3) is 0 Å². The first-order valence-electron chi connectivity index (χ1n) is 8.29. The van der Waals surface area contributed by atoms with Crippen molar-refractivity contribution >= 4 is 28.9 Å². The number of para-hydroxylation sites is 3. The molecule has 1 N–H and O–H groups in total. The lowest BCUT2D eigenvalue weighted by Gasteiger charge is -2.30. The molecule has 2 aromatic carbocycles. The molecule has 1 heterocycles. The van der Waals surface area contributed by atoms with Gasteiger partial charge >= 0.3 is 0 Å². The van der Waals surface area contributed by atoms with Crippen molar-refractivity contribution in [1.82, 2.24) is 0 Å². The van der Waals surface area contributed by atoms with Gasteiger partial charge in [0.2, 0.25) is 0 Å². The zero-order valence-corrected chi connectivity index (χ0v) is 14.8. The summed E-state index contributed by atoms with van der Waals surface area (Å²) < 4.78 is 11.1. The van der Waals surface area contributed by atoms with Gasteiger partial charge in [-0.05, 0) is 31.2 Å². The predicted octanol–water partition coefficient (Wildman–Crippen LogP) is 3.58. The molecule has 3 rings (SSSR count). The van der Waals surface area contributed by atoms with Gasteiger partial charge in [0.15, 0.2) is 6.10 Å². The fourth-order valence-corrected chi connectivity index (χ4v) is 2.86. The molecule has 0 aromatic heterocycles. The van der Waals surface area contributed by atoms with E-state index in [1.54, 1.807) is 19.1 Å². The fraction of sp³-hybridized carbons (Fsp3) is 0.316. The summed E-state index contributed by atoms with van der Waals surface area (Å²) in [5.41, 5.74) is 1.76. The molecule has 1 amide bonds. The van der Waals surface area contributed by atoms with Gasteiger partial charge in [-0.15, -0.1) is 0 Å². The summed E-state index contributed by atoms with van der Waals surface area (Å²) in [4.78, 5) is 14.7. The summed E-state index contributed by atoms with van der Waals surface area (Å²) in [5.74, 6) is 0.272. The molecule has 0 bridgehead atoms. The Morgan fingerprint density at radius 1 is 1.16 bits per heavy atom. The number of anilines is 2. The maximum Gasteiger partial charge on any atom is 0.265 e. The van der Waals surface area contributed by atoms with E-state index in [9.17, 15) is 4.79 Å². The summed E-state index contributed by atoms with van der Waals surface area (Å²) in [5, 5.41) is 3.44. The first-order valence-corrected chi connectivity index (χ1v) is 8.67. The molecule has 0 saturated carbocycles. The molecule has 1 aliphatic rings. The van der Waals surface area contributed by atoms with Gasteiger partial charge in [-0.2, -0.15) is 0 Å². The molecule has 0 radical (unpaired) electrons. The van der Waals surface area contributed by atoms with Gasteiger partial charge < -0.3 is 19.7 Å². The summed E-state index contributed by atoms with van der Waals surface area (Å²) >= 11 is 6.08. The van der Waals surface area contributed by atoms with Gasteiger partial charge in [-0.25, -0.2) is 0 Å². The molecule has 5 nitrogen and oxygen atoms in total. The molecule has 6 heteroatoms. The highest BCUT2D eigenvalue weighted by atomic mass is 35.5. The van der Waals surface area contributed by atoms with Crippen LogP contribution >= 0.6 is 11.6 Å². The number of morpholine rings is 1. The lowest BCUT2D eigenvalue weighted by molar-refractivity contribution is -0.122. The SMILES string of the molecule is CC(Oc1ccccc1Cl)C(=O)Nc1ccccc1N1CCOCC1. The minimum absolute atomic E-state index is 0.222. The van der Waals surface area contributed by atoms with Crippen LogP contribution in [0.4, 0.5) is 11.4 Å². The standard InChI is InChI=1S/C19H21ClN2O3/c1-14(25-18-9-5-2-6-15(18)20)19(23)21-16-7-3-4-8-17(16)22-10-12-24-13-11-22/h2-9,14H,10-13H2,1H3,(H,21,23). The maximum absolute atomic E-state index is 12.5. The second kappa shape index (κ2) is 8.23. The highest BCUT2D eigenvalue weighted by Crippen LogP contribution is 2.27. The van der Waals surface area contributed by atoms with Crippen molar-refractivity contribution in [2.75, 3.05) is 36.5 Å². The lowest BCUT2D eigenvalue weighted by atomic mass is 10.2. The zero-order valence-electron chi connectivity index (χ0n) is 14.1. The van der Waals surface area contributed by atoms with Crippen LogP contribution in [0.1, 0.15) is 6.92 Å². The van der Waals surface area contributed by atoms with Gasteiger partial charge in [0.05, 0.1) is 29.6 Å². The molecule has 1 aliphatic heterocycles. The molecule has 0 aliphatic carbocycles. The summed E-state index contributed by atoms with van der Waals surface area (Å²) in [6.07, 6.45) is -0.669. The normalized spacial score (nSPS) is 15.5. The van der Waals surface area contributed by atoms with E-state index in [1.807, 2.05) is 36.4 Å². The van der Waals surface area contributed by atoms with E-state index in [4.69, 9.17) is 21.1 Å². The number of nitrogens with one attached hydrogen (secondary N) is 1. The minimum Gasteiger partial charge on any atom is -0.479 e. The van der Waals surface area contributed by atoms with Crippen molar-refractivity contribution < 1.29 is 14.3 Å². The Morgan fingerprint density at radius 2 is 1.84 bits per heavy atom. The molecule has 25 heavy (non-hydrogen) atoms. The number of hydrogen-bond acceptors (Lipinski definition) is 4. The van der Waals surface area contributed by atoms with Crippen molar-refractivity contribution in [3.8, 4) is 5.75 Å². The molecule has 1 saturated heterocycles. The van der Waals surface area contributed by atoms with Gasteiger partial charge in [0.1, 0.15) is 5.75 Å². The predicted molar refractivity (Wildman–Crippen MR) is 99.6 cm³/mol. The minimum atomic E-state index is -0.669. The number of ether oxygens (including phenoxy) is 2. The smallest absolute Gasteiger partial charge is 0.265 e. The number of carbonyl (C=O) groups is 1. The third-order valence-electron chi connectivity index (χ3n) is 4.02. The Bertz CT molecular complexity index is 732.